The van der Waals surface area contributed by atoms with E-state index in [9.17, 15) is 0 Å². The van der Waals surface area contributed by atoms with Gasteiger partial charge in [-0.15, -0.1) is 0 Å². The molecule has 1 unspecified atom stereocenters. The van der Waals surface area contributed by atoms with Crippen LogP contribution in [0.25, 0.3) is 0 Å². The SMILES string of the molecule is CN1[C]=CC(Br)N1. The average Bonchev–Trinajstić information content (AvgIpc) is 1.87. The van der Waals surface area contributed by atoms with E-state index in [4.69, 9.17) is 0 Å². The Kier molecular flexibility index (Phi) is 1.35. The van der Waals surface area contributed by atoms with Gasteiger partial charge in [0.1, 0.15) is 4.95 Å². The van der Waals surface area contributed by atoms with Crippen molar-refractivity contribution in [3.8, 4) is 0 Å². The molecule has 0 amide bonds. The van der Waals surface area contributed by atoms with Gasteiger partial charge in [-0.1, -0.05) is 15.9 Å². The highest BCUT2D eigenvalue weighted by Crippen LogP contribution is 2.02. The highest BCUT2D eigenvalue weighted by atomic mass is 79.9. The van der Waals surface area contributed by atoms with Gasteiger partial charge in [-0.05, 0) is 6.08 Å². The van der Waals surface area contributed by atoms with Gasteiger partial charge in [0, 0.05) is 7.05 Å². The molecule has 3 heteroatoms. The van der Waals surface area contributed by atoms with Crippen molar-refractivity contribution in [2.75, 3.05) is 7.05 Å². The van der Waals surface area contributed by atoms with E-state index in [0.717, 1.165) is 0 Å². The predicted molar refractivity (Wildman–Crippen MR) is 31.4 cm³/mol. The number of alkyl halides is 1. The van der Waals surface area contributed by atoms with Crippen molar-refractivity contribution >= 4 is 15.9 Å². The molecule has 1 N–H and O–H groups in total. The minimum Gasteiger partial charge on any atom is -0.308 e. The third-order valence-corrected chi connectivity index (χ3v) is 1.20. The molecule has 1 aliphatic rings. The molecule has 1 heterocycles. The Morgan fingerprint density at radius 1 is 2.00 bits per heavy atom. The summed E-state index contributed by atoms with van der Waals surface area (Å²) in [7, 11) is 1.90. The van der Waals surface area contributed by atoms with Crippen LogP contribution in [0.5, 0.6) is 0 Å². The van der Waals surface area contributed by atoms with E-state index in [2.05, 4.69) is 27.6 Å². The lowest BCUT2D eigenvalue weighted by molar-refractivity contribution is 0.351. The van der Waals surface area contributed by atoms with Gasteiger partial charge in [0.15, 0.2) is 0 Å². The molecule has 1 atom stereocenters. The maximum atomic E-state index is 3.31. The summed E-state index contributed by atoms with van der Waals surface area (Å²) >= 11 is 3.31. The Balaban J connectivity index is 2.42. The number of nitrogens with one attached hydrogen (secondary N) is 1. The van der Waals surface area contributed by atoms with Crippen LogP contribution in [0.4, 0.5) is 0 Å². The van der Waals surface area contributed by atoms with Gasteiger partial charge >= 0.3 is 0 Å². The highest BCUT2D eigenvalue weighted by molar-refractivity contribution is 9.09. The number of nitrogens with zero attached hydrogens (tertiary/aromatic N) is 1. The van der Waals surface area contributed by atoms with Crippen molar-refractivity contribution in [1.29, 1.82) is 0 Å². The lowest BCUT2D eigenvalue weighted by Gasteiger charge is -2.07. The van der Waals surface area contributed by atoms with E-state index in [1.807, 2.05) is 13.1 Å². The van der Waals surface area contributed by atoms with Crippen LogP contribution in [0.2, 0.25) is 0 Å². The van der Waals surface area contributed by atoms with E-state index in [1.165, 1.54) is 0 Å². The van der Waals surface area contributed by atoms with Gasteiger partial charge in [0.2, 0.25) is 0 Å². The molecule has 0 aromatic heterocycles. The summed E-state index contributed by atoms with van der Waals surface area (Å²) in [4.78, 5) is 0.275. The lowest BCUT2D eigenvalue weighted by atomic mass is 10.7. The molecule has 1 radical (unpaired) electrons. The summed E-state index contributed by atoms with van der Waals surface area (Å²) in [5.41, 5.74) is 3.00. The van der Waals surface area contributed by atoms with Crippen molar-refractivity contribution in [2.45, 2.75) is 4.95 Å². The summed E-state index contributed by atoms with van der Waals surface area (Å²) < 4.78 is 0. The Bertz CT molecular complexity index is 81.7. The second-order valence-corrected chi connectivity index (χ2v) is 2.37. The molecule has 0 saturated carbocycles. The van der Waals surface area contributed by atoms with Gasteiger partial charge in [-0.2, -0.15) is 0 Å². The predicted octanol–water partition coefficient (Wildman–Crippen LogP) is 0.474. The van der Waals surface area contributed by atoms with Crippen LogP contribution in [0.15, 0.2) is 6.08 Å². The second kappa shape index (κ2) is 1.84. The molecular formula is C4H6BrN2. The van der Waals surface area contributed by atoms with Gasteiger partial charge in [0.05, 0.1) is 6.20 Å². The zero-order valence-electron chi connectivity index (χ0n) is 3.98. The minimum absolute atomic E-state index is 0.275. The standard InChI is InChI=1S/C4H6BrN2/c1-7-3-2-4(5)6-7/h2,4,6H,1H3. The summed E-state index contributed by atoms with van der Waals surface area (Å²) in [6.07, 6.45) is 4.82. The van der Waals surface area contributed by atoms with E-state index in [0.29, 0.717) is 0 Å². The lowest BCUT2D eigenvalue weighted by Crippen LogP contribution is -2.28. The Morgan fingerprint density at radius 3 is 2.86 bits per heavy atom. The Hall–Kier alpha value is -0.0200. The zero-order valence-corrected chi connectivity index (χ0v) is 5.57. The fraction of sp³-hybridized carbons (Fsp3) is 0.500. The molecule has 2 nitrogen and oxygen atoms in total. The van der Waals surface area contributed by atoms with Gasteiger partial charge in [-0.25, -0.2) is 5.43 Å². The van der Waals surface area contributed by atoms with Crippen LogP contribution in [-0.2, 0) is 0 Å². The van der Waals surface area contributed by atoms with Crippen LogP contribution in [0, 0.1) is 6.20 Å². The minimum atomic E-state index is 0.275. The van der Waals surface area contributed by atoms with Gasteiger partial charge in [-0.3, -0.25) is 0 Å². The first kappa shape index (κ1) is 5.12. The smallest absolute Gasteiger partial charge is 0.102 e. The molecule has 0 bridgehead atoms. The largest absolute Gasteiger partial charge is 0.308 e. The molecule has 7 heavy (non-hydrogen) atoms. The third kappa shape index (κ3) is 1.17. The van der Waals surface area contributed by atoms with E-state index in [-0.39, 0.29) is 4.95 Å². The zero-order chi connectivity index (χ0) is 5.28. The monoisotopic (exact) mass is 161 g/mol. The summed E-state index contributed by atoms with van der Waals surface area (Å²) in [6.45, 7) is 0. The first-order chi connectivity index (χ1) is 3.29. The fourth-order valence-electron chi connectivity index (χ4n) is 0.437. The van der Waals surface area contributed by atoms with Crippen molar-refractivity contribution in [2.24, 2.45) is 0 Å². The topological polar surface area (TPSA) is 15.3 Å². The van der Waals surface area contributed by atoms with Crippen LogP contribution in [0.3, 0.4) is 0 Å². The molecule has 39 valence electrons. The highest BCUT2D eigenvalue weighted by Gasteiger charge is 2.05. The normalized spacial score (nSPS) is 29.4. The third-order valence-electron chi connectivity index (χ3n) is 0.731. The van der Waals surface area contributed by atoms with Crippen LogP contribution in [0.1, 0.15) is 0 Å². The molecule has 0 aromatic carbocycles. The first-order valence-corrected chi connectivity index (χ1v) is 2.94. The maximum Gasteiger partial charge on any atom is 0.102 e. The van der Waals surface area contributed by atoms with Gasteiger partial charge in [0.25, 0.3) is 0 Å². The second-order valence-electron chi connectivity index (χ2n) is 1.39. The summed E-state index contributed by atoms with van der Waals surface area (Å²) in [5, 5.41) is 1.78. The number of hydrogen-bond acceptors (Lipinski definition) is 2. The van der Waals surface area contributed by atoms with Crippen molar-refractivity contribution in [1.82, 2.24) is 10.4 Å². The molecule has 0 aliphatic carbocycles. The molecule has 0 spiro atoms. The van der Waals surface area contributed by atoms with E-state index >= 15 is 0 Å². The number of rotatable bonds is 0. The maximum absolute atomic E-state index is 3.31. The van der Waals surface area contributed by atoms with Gasteiger partial charge < -0.3 is 5.01 Å². The molecule has 0 saturated heterocycles. The molecule has 1 rings (SSSR count). The summed E-state index contributed by atoms with van der Waals surface area (Å²) in [5.74, 6) is 0. The fourth-order valence-corrected chi connectivity index (χ4v) is 0.862. The number of hydrazine groups is 1. The molecule has 0 fully saturated rings. The average molecular weight is 162 g/mol. The molecule has 1 aliphatic heterocycles. The first-order valence-electron chi connectivity index (χ1n) is 2.02. The van der Waals surface area contributed by atoms with E-state index < -0.39 is 0 Å². The quantitative estimate of drug-likeness (QED) is 0.411. The Morgan fingerprint density at radius 2 is 2.71 bits per heavy atom. The van der Waals surface area contributed by atoms with Crippen LogP contribution >= 0.6 is 15.9 Å². The van der Waals surface area contributed by atoms with Crippen LogP contribution < -0.4 is 5.43 Å². The molecular weight excluding hydrogens is 156 g/mol. The van der Waals surface area contributed by atoms with Crippen molar-refractivity contribution < 1.29 is 0 Å². The van der Waals surface area contributed by atoms with E-state index in [1.54, 1.807) is 5.01 Å². The van der Waals surface area contributed by atoms with Crippen LogP contribution in [-0.4, -0.2) is 17.0 Å². The number of halogens is 1. The molecule has 0 aromatic rings. The Labute approximate surface area is 51.3 Å². The summed E-state index contributed by atoms with van der Waals surface area (Å²) in [6, 6.07) is 0. The number of hydrogen-bond donors (Lipinski definition) is 1. The van der Waals surface area contributed by atoms with Crippen molar-refractivity contribution in [3.05, 3.63) is 12.3 Å². The van der Waals surface area contributed by atoms with Crippen molar-refractivity contribution in [3.63, 3.8) is 0 Å².